The van der Waals surface area contributed by atoms with E-state index in [-0.39, 0.29) is 0 Å². The van der Waals surface area contributed by atoms with Gasteiger partial charge in [-0.15, -0.1) is 0 Å². The molecule has 3 rings (SSSR count). The fraction of sp³-hybridized carbons (Fsp3) is 0.444. The first kappa shape index (κ1) is 16.2. The minimum absolute atomic E-state index is 0.586. The molecule has 0 amide bonds. The highest BCUT2D eigenvalue weighted by Gasteiger charge is 2.21. The van der Waals surface area contributed by atoms with Gasteiger partial charge >= 0.3 is 0 Å². The molecule has 1 aromatic carbocycles. The number of aromatic nitrogens is 2. The molecule has 1 atom stereocenters. The van der Waals surface area contributed by atoms with Gasteiger partial charge in [-0.05, 0) is 49.9 Å². The van der Waals surface area contributed by atoms with Gasteiger partial charge in [0, 0.05) is 42.6 Å². The normalized spacial score (nSPS) is 18.8. The average molecular weight is 331 g/mol. The minimum Gasteiger partial charge on any atom is -0.355 e. The average Bonchev–Trinajstić information content (AvgIpc) is 2.58. The van der Waals surface area contributed by atoms with Crippen LogP contribution in [0.1, 0.15) is 36.8 Å². The predicted molar refractivity (Wildman–Crippen MR) is 94.9 cm³/mol. The molecule has 1 saturated heterocycles. The molecule has 0 saturated carbocycles. The van der Waals surface area contributed by atoms with Crippen LogP contribution in [0.15, 0.2) is 36.7 Å². The maximum atomic E-state index is 5.99. The highest BCUT2D eigenvalue weighted by Crippen LogP contribution is 2.28. The van der Waals surface area contributed by atoms with Gasteiger partial charge in [-0.25, -0.2) is 9.97 Å². The zero-order valence-electron chi connectivity index (χ0n) is 13.5. The van der Waals surface area contributed by atoms with Gasteiger partial charge in [0.15, 0.2) is 0 Å². The van der Waals surface area contributed by atoms with Crippen molar-refractivity contribution >= 4 is 17.5 Å². The molecule has 0 aliphatic carbocycles. The zero-order chi connectivity index (χ0) is 16.1. The van der Waals surface area contributed by atoms with Crippen molar-refractivity contribution in [2.24, 2.45) is 0 Å². The summed E-state index contributed by atoms with van der Waals surface area (Å²) in [5, 5.41) is 3.93. The summed E-state index contributed by atoms with van der Waals surface area (Å²) in [4.78, 5) is 11.2. The molecule has 122 valence electrons. The molecule has 0 radical (unpaired) electrons. The number of benzene rings is 1. The Morgan fingerprint density at radius 1 is 1.22 bits per heavy atom. The Bertz CT molecular complexity index is 612. The van der Waals surface area contributed by atoms with Crippen LogP contribution in [-0.4, -0.2) is 34.5 Å². The fourth-order valence-electron chi connectivity index (χ4n) is 3.15. The summed E-state index contributed by atoms with van der Waals surface area (Å²) >= 11 is 5.99. The number of hydrogen-bond acceptors (Lipinski definition) is 4. The molecule has 4 nitrogen and oxygen atoms in total. The molecule has 1 aliphatic heterocycles. The summed E-state index contributed by atoms with van der Waals surface area (Å²) < 4.78 is 0. The number of rotatable bonds is 5. The van der Waals surface area contributed by atoms with E-state index in [0.717, 1.165) is 31.2 Å². The van der Waals surface area contributed by atoms with E-state index >= 15 is 0 Å². The molecule has 23 heavy (non-hydrogen) atoms. The van der Waals surface area contributed by atoms with Crippen molar-refractivity contribution in [2.45, 2.75) is 32.2 Å². The second kappa shape index (κ2) is 7.75. The molecular weight excluding hydrogens is 308 g/mol. The van der Waals surface area contributed by atoms with Crippen LogP contribution in [0.25, 0.3) is 0 Å². The summed E-state index contributed by atoms with van der Waals surface area (Å²) in [6, 6.07) is 8.29. The molecule has 1 fully saturated rings. The molecule has 5 heteroatoms. The molecule has 1 N–H and O–H groups in total. The van der Waals surface area contributed by atoms with Crippen LogP contribution in [0.2, 0.25) is 5.02 Å². The molecular formula is C18H23ClN4. The lowest BCUT2D eigenvalue weighted by molar-refractivity contribution is 0.200. The molecule has 0 spiro atoms. The van der Waals surface area contributed by atoms with Crippen LogP contribution in [0.3, 0.4) is 0 Å². The highest BCUT2D eigenvalue weighted by molar-refractivity contribution is 6.30. The van der Waals surface area contributed by atoms with Gasteiger partial charge in [-0.1, -0.05) is 23.7 Å². The zero-order valence-corrected chi connectivity index (χ0v) is 14.3. The number of nitrogens with one attached hydrogen (secondary N) is 1. The molecule has 0 bridgehead atoms. The topological polar surface area (TPSA) is 41.1 Å². The maximum Gasteiger partial charge on any atom is 0.222 e. The molecule has 1 aliphatic rings. The quantitative estimate of drug-likeness (QED) is 0.901. The van der Waals surface area contributed by atoms with Crippen LogP contribution in [0, 0.1) is 0 Å². The van der Waals surface area contributed by atoms with E-state index in [9.17, 15) is 0 Å². The van der Waals surface area contributed by atoms with Crippen LogP contribution in [0.4, 0.5) is 5.95 Å². The Balaban J connectivity index is 1.61. The smallest absolute Gasteiger partial charge is 0.222 e. The molecule has 0 unspecified atom stereocenters. The largest absolute Gasteiger partial charge is 0.355 e. The lowest BCUT2D eigenvalue weighted by Crippen LogP contribution is -2.33. The molecule has 1 aromatic heterocycles. The Labute approximate surface area is 142 Å². The van der Waals surface area contributed by atoms with E-state index in [1.54, 1.807) is 0 Å². The van der Waals surface area contributed by atoms with E-state index in [2.05, 4.69) is 32.3 Å². The SMILES string of the molecule is CCNc1ncc(CN2CCC[C@H](c3ccc(Cl)cc3)C2)cn1. The lowest BCUT2D eigenvalue weighted by atomic mass is 9.90. The highest BCUT2D eigenvalue weighted by atomic mass is 35.5. The first-order valence-corrected chi connectivity index (χ1v) is 8.65. The van der Waals surface area contributed by atoms with Crippen LogP contribution in [-0.2, 0) is 6.54 Å². The number of piperidine rings is 1. The van der Waals surface area contributed by atoms with Crippen LogP contribution >= 0.6 is 11.6 Å². The van der Waals surface area contributed by atoms with E-state index in [1.807, 2.05) is 31.5 Å². The second-order valence-corrected chi connectivity index (χ2v) is 6.51. The second-order valence-electron chi connectivity index (χ2n) is 6.07. The van der Waals surface area contributed by atoms with Crippen LogP contribution < -0.4 is 5.32 Å². The van der Waals surface area contributed by atoms with Crippen molar-refractivity contribution in [2.75, 3.05) is 25.0 Å². The number of halogens is 1. The van der Waals surface area contributed by atoms with E-state index < -0.39 is 0 Å². The third-order valence-corrected chi connectivity index (χ3v) is 4.55. The van der Waals surface area contributed by atoms with E-state index in [1.165, 1.54) is 24.0 Å². The molecule has 2 aromatic rings. The van der Waals surface area contributed by atoms with Gasteiger partial charge in [0.25, 0.3) is 0 Å². The van der Waals surface area contributed by atoms with E-state index in [4.69, 9.17) is 11.6 Å². The maximum absolute atomic E-state index is 5.99. The Morgan fingerprint density at radius 2 is 1.96 bits per heavy atom. The first-order valence-electron chi connectivity index (χ1n) is 8.27. The van der Waals surface area contributed by atoms with Crippen molar-refractivity contribution < 1.29 is 0 Å². The number of hydrogen-bond donors (Lipinski definition) is 1. The standard InChI is InChI=1S/C18H23ClN4/c1-2-20-18-21-10-14(11-22-18)12-23-9-3-4-16(13-23)15-5-7-17(19)8-6-15/h5-8,10-11,16H,2-4,9,12-13H2,1H3,(H,20,21,22)/t16-/m0/s1. The predicted octanol–water partition coefficient (Wildman–Crippen LogP) is 3.94. The van der Waals surface area contributed by atoms with Crippen molar-refractivity contribution in [3.05, 3.63) is 52.8 Å². The fourth-order valence-corrected chi connectivity index (χ4v) is 3.28. The minimum atomic E-state index is 0.586. The van der Waals surface area contributed by atoms with Crippen molar-refractivity contribution in [3.63, 3.8) is 0 Å². The Morgan fingerprint density at radius 3 is 2.65 bits per heavy atom. The lowest BCUT2D eigenvalue weighted by Gasteiger charge is -2.33. The first-order chi connectivity index (χ1) is 11.2. The Kier molecular flexibility index (Phi) is 5.47. The number of nitrogens with zero attached hydrogens (tertiary/aromatic N) is 3. The van der Waals surface area contributed by atoms with Gasteiger partial charge in [0.05, 0.1) is 0 Å². The van der Waals surface area contributed by atoms with Crippen molar-refractivity contribution in [1.82, 2.24) is 14.9 Å². The van der Waals surface area contributed by atoms with Crippen molar-refractivity contribution in [3.8, 4) is 0 Å². The van der Waals surface area contributed by atoms with Gasteiger partial charge in [-0.2, -0.15) is 0 Å². The number of likely N-dealkylation sites (tertiary alicyclic amines) is 1. The summed E-state index contributed by atoms with van der Waals surface area (Å²) in [6.07, 6.45) is 6.32. The van der Waals surface area contributed by atoms with Gasteiger partial charge in [0.1, 0.15) is 0 Å². The van der Waals surface area contributed by atoms with Gasteiger partial charge < -0.3 is 5.32 Å². The summed E-state index contributed by atoms with van der Waals surface area (Å²) in [7, 11) is 0. The van der Waals surface area contributed by atoms with Crippen molar-refractivity contribution in [1.29, 1.82) is 0 Å². The number of anilines is 1. The third-order valence-electron chi connectivity index (χ3n) is 4.29. The third kappa shape index (κ3) is 4.43. The Hall–Kier alpha value is -1.65. The monoisotopic (exact) mass is 330 g/mol. The summed E-state index contributed by atoms with van der Waals surface area (Å²) in [5.74, 6) is 1.29. The van der Waals surface area contributed by atoms with Gasteiger partial charge in [0.2, 0.25) is 5.95 Å². The molecule has 2 heterocycles. The summed E-state index contributed by atoms with van der Waals surface area (Å²) in [6.45, 7) is 6.02. The summed E-state index contributed by atoms with van der Waals surface area (Å²) in [5.41, 5.74) is 2.56. The van der Waals surface area contributed by atoms with Gasteiger partial charge in [-0.3, -0.25) is 4.90 Å². The van der Waals surface area contributed by atoms with Crippen LogP contribution in [0.5, 0.6) is 0 Å². The van der Waals surface area contributed by atoms with E-state index in [0.29, 0.717) is 11.9 Å².